The Morgan fingerprint density at radius 1 is 1.32 bits per heavy atom. The second-order valence-corrected chi connectivity index (χ2v) is 5.90. The molecule has 1 unspecified atom stereocenters. The Morgan fingerprint density at radius 2 is 2.00 bits per heavy atom. The maximum Gasteiger partial charge on any atom is 0.0765 e. The molecule has 3 nitrogen and oxygen atoms in total. The molecule has 1 aliphatic rings. The largest absolute Gasteiger partial charge is 0.389 e. The van der Waals surface area contributed by atoms with Crippen molar-refractivity contribution in [2.24, 2.45) is 0 Å². The second-order valence-electron chi connectivity index (χ2n) is 5.90. The zero-order valence-corrected chi connectivity index (χ0v) is 11.9. The molecule has 0 aromatic heterocycles. The zero-order valence-electron chi connectivity index (χ0n) is 11.9. The minimum atomic E-state index is -0.673. The van der Waals surface area contributed by atoms with Crippen molar-refractivity contribution in [1.82, 2.24) is 5.32 Å². The normalized spacial score (nSPS) is 25.6. The first-order valence-electron chi connectivity index (χ1n) is 7.10. The van der Waals surface area contributed by atoms with Crippen LogP contribution in [0.2, 0.25) is 0 Å². The molecule has 0 saturated heterocycles. The van der Waals surface area contributed by atoms with Gasteiger partial charge in [-0.3, -0.25) is 0 Å². The summed E-state index contributed by atoms with van der Waals surface area (Å²) < 4.78 is 5.01. The van der Waals surface area contributed by atoms with Gasteiger partial charge in [0.2, 0.25) is 0 Å². The van der Waals surface area contributed by atoms with Gasteiger partial charge in [-0.2, -0.15) is 0 Å². The van der Waals surface area contributed by atoms with Crippen LogP contribution in [0.1, 0.15) is 37.7 Å². The molecule has 0 bridgehead atoms. The monoisotopic (exact) mass is 263 g/mol. The molecule has 0 spiro atoms. The molecule has 0 radical (unpaired) electrons. The minimum Gasteiger partial charge on any atom is -0.389 e. The summed E-state index contributed by atoms with van der Waals surface area (Å²) in [4.78, 5) is 0. The van der Waals surface area contributed by atoms with E-state index in [2.05, 4.69) is 35.6 Å². The fourth-order valence-electron chi connectivity index (χ4n) is 2.56. The van der Waals surface area contributed by atoms with Gasteiger partial charge in [0.25, 0.3) is 0 Å². The highest BCUT2D eigenvalue weighted by molar-refractivity contribution is 5.22. The highest BCUT2D eigenvalue weighted by Gasteiger charge is 2.31. The van der Waals surface area contributed by atoms with Crippen molar-refractivity contribution >= 4 is 0 Å². The molecule has 19 heavy (non-hydrogen) atoms. The molecule has 1 atom stereocenters. The maximum atomic E-state index is 10.2. The topological polar surface area (TPSA) is 41.5 Å². The zero-order chi connectivity index (χ0) is 13.7. The molecule has 2 rings (SSSR count). The van der Waals surface area contributed by atoms with Gasteiger partial charge in [-0.15, -0.1) is 0 Å². The van der Waals surface area contributed by atoms with E-state index >= 15 is 0 Å². The molecule has 106 valence electrons. The van der Waals surface area contributed by atoms with Crippen molar-refractivity contribution in [2.45, 2.75) is 43.7 Å². The number of nitrogens with one attached hydrogen (secondary N) is 1. The summed E-state index contributed by atoms with van der Waals surface area (Å²) >= 11 is 0. The third-order valence-corrected chi connectivity index (χ3v) is 4.03. The summed E-state index contributed by atoms with van der Waals surface area (Å²) in [7, 11) is 1.67. The van der Waals surface area contributed by atoms with Gasteiger partial charge in [0, 0.05) is 32.7 Å². The number of ether oxygens (including phenoxy) is 1. The van der Waals surface area contributed by atoms with Crippen LogP contribution in [0.5, 0.6) is 0 Å². The van der Waals surface area contributed by atoms with Crippen molar-refractivity contribution in [1.29, 1.82) is 0 Å². The van der Waals surface area contributed by atoms with E-state index < -0.39 is 5.60 Å². The van der Waals surface area contributed by atoms with Crippen LogP contribution in [0.4, 0.5) is 0 Å². The van der Waals surface area contributed by atoms with Crippen molar-refractivity contribution in [3.63, 3.8) is 0 Å². The van der Waals surface area contributed by atoms with Crippen LogP contribution in [0.15, 0.2) is 30.3 Å². The predicted octanol–water partition coefficient (Wildman–Crippen LogP) is 2.31. The predicted molar refractivity (Wildman–Crippen MR) is 77.3 cm³/mol. The Morgan fingerprint density at radius 3 is 2.63 bits per heavy atom. The Labute approximate surface area is 116 Å². The summed E-state index contributed by atoms with van der Waals surface area (Å²) in [6, 6.07) is 11.2. The lowest BCUT2D eigenvalue weighted by molar-refractivity contribution is 0.0197. The molecule has 2 N–H and O–H groups in total. The van der Waals surface area contributed by atoms with Crippen molar-refractivity contribution < 1.29 is 9.84 Å². The lowest BCUT2D eigenvalue weighted by Gasteiger charge is -2.38. The third kappa shape index (κ3) is 4.30. The maximum absolute atomic E-state index is 10.2. The van der Waals surface area contributed by atoms with E-state index in [4.69, 9.17) is 4.74 Å². The van der Waals surface area contributed by atoms with Gasteiger partial charge in [-0.1, -0.05) is 30.3 Å². The molecule has 1 saturated carbocycles. The summed E-state index contributed by atoms with van der Waals surface area (Å²) in [5, 5.41) is 13.6. The average Bonchev–Trinajstić information content (AvgIpc) is 2.36. The van der Waals surface area contributed by atoms with Crippen LogP contribution in [0, 0.1) is 0 Å². The number of aliphatic hydroxyl groups is 1. The Bertz CT molecular complexity index is 372. The summed E-state index contributed by atoms with van der Waals surface area (Å²) in [5.41, 5.74) is 0.764. The number of hydrogen-bond donors (Lipinski definition) is 2. The van der Waals surface area contributed by atoms with E-state index in [0.29, 0.717) is 31.5 Å². The minimum absolute atomic E-state index is 0.541. The Kier molecular flexibility index (Phi) is 4.97. The lowest BCUT2D eigenvalue weighted by atomic mass is 9.75. The van der Waals surface area contributed by atoms with Gasteiger partial charge in [-0.25, -0.2) is 0 Å². The molecule has 3 heteroatoms. The van der Waals surface area contributed by atoms with Gasteiger partial charge in [0.15, 0.2) is 0 Å². The van der Waals surface area contributed by atoms with Crippen LogP contribution in [-0.2, 0) is 4.74 Å². The number of rotatable bonds is 7. The average molecular weight is 263 g/mol. The molecule has 0 aliphatic heterocycles. The van der Waals surface area contributed by atoms with Crippen molar-refractivity contribution in [2.75, 3.05) is 20.3 Å². The fraction of sp³-hybridized carbons (Fsp3) is 0.625. The van der Waals surface area contributed by atoms with E-state index in [1.165, 1.54) is 18.4 Å². The second kappa shape index (κ2) is 6.51. The van der Waals surface area contributed by atoms with Crippen molar-refractivity contribution in [3.8, 4) is 0 Å². The van der Waals surface area contributed by atoms with Gasteiger partial charge >= 0.3 is 0 Å². The Balaban J connectivity index is 1.68. The molecule has 0 amide bonds. The van der Waals surface area contributed by atoms with Gasteiger partial charge in [0.1, 0.15) is 0 Å². The van der Waals surface area contributed by atoms with Crippen molar-refractivity contribution in [3.05, 3.63) is 35.9 Å². The van der Waals surface area contributed by atoms with Crippen LogP contribution < -0.4 is 5.32 Å². The first-order chi connectivity index (χ1) is 9.11. The van der Waals surface area contributed by atoms with Crippen LogP contribution in [-0.4, -0.2) is 37.0 Å². The molecule has 1 fully saturated rings. The van der Waals surface area contributed by atoms with E-state index in [0.717, 1.165) is 0 Å². The highest BCUT2D eigenvalue weighted by atomic mass is 16.5. The summed E-state index contributed by atoms with van der Waals surface area (Å²) in [6.45, 7) is 3.11. The number of methoxy groups -OCH3 is 1. The highest BCUT2D eigenvalue weighted by Crippen LogP contribution is 2.36. The molecular weight excluding hydrogens is 238 g/mol. The van der Waals surface area contributed by atoms with Gasteiger partial charge in [0.05, 0.1) is 5.60 Å². The first-order valence-corrected chi connectivity index (χ1v) is 7.10. The molecule has 0 heterocycles. The quantitative estimate of drug-likeness (QED) is 0.793. The molecule has 1 aromatic carbocycles. The summed E-state index contributed by atoms with van der Waals surface area (Å²) in [6.07, 6.45) is 3.01. The molecular formula is C16H25NO2. The first kappa shape index (κ1) is 14.5. The fourth-order valence-corrected chi connectivity index (χ4v) is 2.56. The van der Waals surface area contributed by atoms with E-state index in [-0.39, 0.29) is 0 Å². The summed E-state index contributed by atoms with van der Waals surface area (Å²) in [5.74, 6) is 0.683. The van der Waals surface area contributed by atoms with Gasteiger partial charge < -0.3 is 15.2 Å². The van der Waals surface area contributed by atoms with E-state index in [1.807, 2.05) is 6.92 Å². The van der Waals surface area contributed by atoms with Crippen LogP contribution in [0.25, 0.3) is 0 Å². The molecule has 1 aliphatic carbocycles. The van der Waals surface area contributed by atoms with Crippen LogP contribution >= 0.6 is 0 Å². The van der Waals surface area contributed by atoms with E-state index in [1.54, 1.807) is 7.11 Å². The number of benzene rings is 1. The SMILES string of the molecule is COCCC(C)(O)CNC1CC(c2ccccc2)C1. The standard InChI is InChI=1S/C16H25NO2/c1-16(18,8-9-19-2)12-17-15-10-14(11-15)13-6-4-3-5-7-13/h3-7,14-15,17-18H,8-12H2,1-2H3. The number of hydrogen-bond acceptors (Lipinski definition) is 3. The van der Waals surface area contributed by atoms with E-state index in [9.17, 15) is 5.11 Å². The Hall–Kier alpha value is -0.900. The molecule has 1 aromatic rings. The van der Waals surface area contributed by atoms with Crippen LogP contribution in [0.3, 0.4) is 0 Å². The van der Waals surface area contributed by atoms with Gasteiger partial charge in [-0.05, 0) is 31.2 Å². The lowest BCUT2D eigenvalue weighted by Crippen LogP contribution is -2.47. The smallest absolute Gasteiger partial charge is 0.0765 e. The third-order valence-electron chi connectivity index (χ3n) is 4.03.